The molecular weight excluding hydrogens is 172 g/mol. The van der Waals surface area contributed by atoms with Crippen LogP contribution in [0.15, 0.2) is 30.8 Å². The molecule has 1 rings (SSSR count). The van der Waals surface area contributed by atoms with Crippen LogP contribution in [0.4, 0.5) is 0 Å². The lowest BCUT2D eigenvalue weighted by Crippen LogP contribution is -2.06. The lowest BCUT2D eigenvalue weighted by Gasteiger charge is -2.10. The zero-order valence-corrected chi connectivity index (χ0v) is 8.99. The highest BCUT2D eigenvalue weighted by atomic mass is 16.5. The predicted molar refractivity (Wildman–Crippen MR) is 61.5 cm³/mol. The number of hydrogen-bond acceptors (Lipinski definition) is 1. The topological polar surface area (TPSA) is 9.23 Å². The molecule has 0 bridgehead atoms. The van der Waals surface area contributed by atoms with Gasteiger partial charge < -0.3 is 4.74 Å². The summed E-state index contributed by atoms with van der Waals surface area (Å²) in [5, 5.41) is 0. The van der Waals surface area contributed by atoms with E-state index in [4.69, 9.17) is 4.74 Å². The van der Waals surface area contributed by atoms with Crippen LogP contribution in [-0.2, 0) is 0 Å². The van der Waals surface area contributed by atoms with Crippen molar-refractivity contribution in [3.8, 4) is 5.75 Å². The van der Waals surface area contributed by atoms with E-state index < -0.39 is 0 Å². The zero-order valence-electron chi connectivity index (χ0n) is 8.99. The van der Waals surface area contributed by atoms with E-state index in [2.05, 4.69) is 20.4 Å². The van der Waals surface area contributed by atoms with Gasteiger partial charge in [-0.2, -0.15) is 0 Å². The van der Waals surface area contributed by atoms with Crippen LogP contribution < -0.4 is 4.74 Å². The summed E-state index contributed by atoms with van der Waals surface area (Å²) in [5.74, 6) is 1.56. The molecular formula is C13H18O. The van der Waals surface area contributed by atoms with Crippen molar-refractivity contribution in [1.29, 1.82) is 0 Å². The van der Waals surface area contributed by atoms with E-state index in [1.54, 1.807) is 0 Å². The smallest absolute Gasteiger partial charge is 0.119 e. The highest BCUT2D eigenvalue weighted by molar-refractivity contribution is 5.48. The minimum Gasteiger partial charge on any atom is -0.493 e. The summed E-state index contributed by atoms with van der Waals surface area (Å²) in [7, 11) is 0. The fraction of sp³-hybridized carbons (Fsp3) is 0.385. The highest BCUT2D eigenvalue weighted by Gasteiger charge is 1.99. The quantitative estimate of drug-likeness (QED) is 0.687. The highest BCUT2D eigenvalue weighted by Crippen LogP contribution is 2.14. The maximum absolute atomic E-state index is 5.62. The first kappa shape index (κ1) is 10.8. The second kappa shape index (κ2) is 5.48. The molecule has 0 amide bonds. The van der Waals surface area contributed by atoms with Crippen molar-refractivity contribution in [2.45, 2.75) is 20.3 Å². The van der Waals surface area contributed by atoms with Crippen molar-refractivity contribution in [2.24, 2.45) is 5.92 Å². The SMILES string of the molecule is C=Cc1ccc(OCC(C)CC)cc1. The van der Waals surface area contributed by atoms with Crippen LogP contribution in [0.5, 0.6) is 5.75 Å². The zero-order chi connectivity index (χ0) is 10.4. The van der Waals surface area contributed by atoms with E-state index in [0.717, 1.165) is 24.3 Å². The molecule has 76 valence electrons. The second-order valence-corrected chi connectivity index (χ2v) is 3.60. The largest absolute Gasteiger partial charge is 0.493 e. The summed E-state index contributed by atoms with van der Waals surface area (Å²) < 4.78 is 5.62. The monoisotopic (exact) mass is 190 g/mol. The minimum absolute atomic E-state index is 0.620. The lowest BCUT2D eigenvalue weighted by molar-refractivity contribution is 0.256. The third-order valence-electron chi connectivity index (χ3n) is 2.35. The van der Waals surface area contributed by atoms with Crippen molar-refractivity contribution in [1.82, 2.24) is 0 Å². The lowest BCUT2D eigenvalue weighted by atomic mass is 10.1. The van der Waals surface area contributed by atoms with E-state index in [0.29, 0.717) is 5.92 Å². The first-order valence-electron chi connectivity index (χ1n) is 5.11. The standard InChI is InChI=1S/C13H18O/c1-4-11(3)10-14-13-8-6-12(5-2)7-9-13/h5-9,11H,2,4,10H2,1,3H3. The summed E-state index contributed by atoms with van der Waals surface area (Å²) in [5.41, 5.74) is 1.13. The van der Waals surface area contributed by atoms with Crippen molar-refractivity contribution >= 4 is 6.08 Å². The summed E-state index contributed by atoms with van der Waals surface area (Å²) in [6, 6.07) is 8.00. The van der Waals surface area contributed by atoms with Gasteiger partial charge >= 0.3 is 0 Å². The molecule has 1 heteroatoms. The maximum atomic E-state index is 5.62. The van der Waals surface area contributed by atoms with Gasteiger partial charge in [-0.1, -0.05) is 45.1 Å². The van der Waals surface area contributed by atoms with Crippen LogP contribution in [0.3, 0.4) is 0 Å². The van der Waals surface area contributed by atoms with Crippen LogP contribution in [0.25, 0.3) is 6.08 Å². The molecule has 1 atom stereocenters. The van der Waals surface area contributed by atoms with Gasteiger partial charge in [0, 0.05) is 0 Å². The molecule has 0 aromatic heterocycles. The van der Waals surface area contributed by atoms with Crippen LogP contribution in [-0.4, -0.2) is 6.61 Å². The van der Waals surface area contributed by atoms with Crippen LogP contribution in [0, 0.1) is 5.92 Å². The molecule has 0 saturated heterocycles. The van der Waals surface area contributed by atoms with Gasteiger partial charge in [0.2, 0.25) is 0 Å². The van der Waals surface area contributed by atoms with Gasteiger partial charge in [-0.15, -0.1) is 0 Å². The van der Waals surface area contributed by atoms with Crippen LogP contribution in [0.2, 0.25) is 0 Å². The maximum Gasteiger partial charge on any atom is 0.119 e. The summed E-state index contributed by atoms with van der Waals surface area (Å²) in [4.78, 5) is 0. The Labute approximate surface area is 86.4 Å². The van der Waals surface area contributed by atoms with Crippen molar-refractivity contribution in [3.63, 3.8) is 0 Å². The third-order valence-corrected chi connectivity index (χ3v) is 2.35. The van der Waals surface area contributed by atoms with E-state index in [-0.39, 0.29) is 0 Å². The average Bonchev–Trinajstić information content (AvgIpc) is 2.26. The Bertz CT molecular complexity index is 274. The van der Waals surface area contributed by atoms with E-state index in [1.165, 1.54) is 0 Å². The molecule has 0 heterocycles. The van der Waals surface area contributed by atoms with Gasteiger partial charge in [0.15, 0.2) is 0 Å². The summed E-state index contributed by atoms with van der Waals surface area (Å²) in [6.45, 7) is 8.87. The van der Waals surface area contributed by atoms with Crippen molar-refractivity contribution < 1.29 is 4.74 Å². The van der Waals surface area contributed by atoms with E-state index in [9.17, 15) is 0 Å². The first-order valence-corrected chi connectivity index (χ1v) is 5.11. The van der Waals surface area contributed by atoms with Crippen molar-refractivity contribution in [3.05, 3.63) is 36.4 Å². The molecule has 0 radical (unpaired) electrons. The van der Waals surface area contributed by atoms with Crippen LogP contribution >= 0.6 is 0 Å². The molecule has 1 aromatic carbocycles. The molecule has 0 N–H and O–H groups in total. The fourth-order valence-corrected chi connectivity index (χ4v) is 1.06. The number of benzene rings is 1. The van der Waals surface area contributed by atoms with Gasteiger partial charge in [0.1, 0.15) is 5.75 Å². The first-order chi connectivity index (χ1) is 6.76. The number of hydrogen-bond donors (Lipinski definition) is 0. The van der Waals surface area contributed by atoms with Gasteiger partial charge in [0.25, 0.3) is 0 Å². The Morgan fingerprint density at radius 3 is 2.50 bits per heavy atom. The Morgan fingerprint density at radius 2 is 2.00 bits per heavy atom. The molecule has 0 fully saturated rings. The second-order valence-electron chi connectivity index (χ2n) is 3.60. The fourth-order valence-electron chi connectivity index (χ4n) is 1.06. The molecule has 0 aliphatic carbocycles. The predicted octanol–water partition coefficient (Wildman–Crippen LogP) is 3.75. The minimum atomic E-state index is 0.620. The third kappa shape index (κ3) is 3.25. The molecule has 1 aromatic rings. The van der Waals surface area contributed by atoms with E-state index >= 15 is 0 Å². The Kier molecular flexibility index (Phi) is 4.24. The molecule has 0 aliphatic rings. The molecule has 14 heavy (non-hydrogen) atoms. The molecule has 0 spiro atoms. The Hall–Kier alpha value is -1.24. The van der Waals surface area contributed by atoms with Gasteiger partial charge in [-0.25, -0.2) is 0 Å². The molecule has 1 nitrogen and oxygen atoms in total. The van der Waals surface area contributed by atoms with Crippen molar-refractivity contribution in [2.75, 3.05) is 6.61 Å². The Morgan fingerprint density at radius 1 is 1.36 bits per heavy atom. The van der Waals surface area contributed by atoms with Gasteiger partial charge in [-0.3, -0.25) is 0 Å². The Balaban J connectivity index is 2.47. The molecule has 0 saturated carbocycles. The van der Waals surface area contributed by atoms with E-state index in [1.807, 2.05) is 30.3 Å². The average molecular weight is 190 g/mol. The molecule has 1 unspecified atom stereocenters. The number of rotatable bonds is 5. The van der Waals surface area contributed by atoms with Gasteiger partial charge in [-0.05, 0) is 23.6 Å². The van der Waals surface area contributed by atoms with Gasteiger partial charge in [0.05, 0.1) is 6.61 Å². The summed E-state index contributed by atoms with van der Waals surface area (Å²) >= 11 is 0. The van der Waals surface area contributed by atoms with Crippen LogP contribution in [0.1, 0.15) is 25.8 Å². The molecule has 0 aliphatic heterocycles. The number of ether oxygens (including phenoxy) is 1. The normalized spacial score (nSPS) is 12.1. The summed E-state index contributed by atoms with van der Waals surface area (Å²) in [6.07, 6.45) is 2.99.